The van der Waals surface area contributed by atoms with Gasteiger partial charge in [0.2, 0.25) is 0 Å². The van der Waals surface area contributed by atoms with Crippen LogP contribution in [0.4, 0.5) is 17.1 Å². The van der Waals surface area contributed by atoms with Gasteiger partial charge in [-0.25, -0.2) is 0 Å². The number of hydrogen-bond donors (Lipinski definition) is 2. The van der Waals surface area contributed by atoms with Gasteiger partial charge in [0.1, 0.15) is 11.8 Å². The van der Waals surface area contributed by atoms with E-state index in [-0.39, 0.29) is 16.4 Å². The highest BCUT2D eigenvalue weighted by Gasteiger charge is 2.23. The predicted octanol–water partition coefficient (Wildman–Crippen LogP) is 3.58. The van der Waals surface area contributed by atoms with E-state index in [1.54, 1.807) is 36.4 Å². The Morgan fingerprint density at radius 3 is 2.59 bits per heavy atom. The summed E-state index contributed by atoms with van der Waals surface area (Å²) in [5.41, 5.74) is 1.40. The second-order valence-corrected chi connectivity index (χ2v) is 6.98. The predicted molar refractivity (Wildman–Crippen MR) is 114 cm³/mol. The number of carbonyl (C=O) groups is 1. The molecule has 2 aromatic carbocycles. The summed E-state index contributed by atoms with van der Waals surface area (Å²) in [6.45, 7) is 1.53. The Hall–Kier alpha value is -3.51. The summed E-state index contributed by atoms with van der Waals surface area (Å²) in [5.74, 6) is -0.565. The summed E-state index contributed by atoms with van der Waals surface area (Å²) in [4.78, 5) is 25.6. The highest BCUT2D eigenvalue weighted by atomic mass is 32.1. The lowest BCUT2D eigenvalue weighted by Crippen LogP contribution is -2.34. The molecule has 9 heteroatoms. The fourth-order valence-electron chi connectivity index (χ4n) is 3.23. The SMILES string of the molecule is N#Cc1ccccc1NC(=S)NC(=O)c1ccc(N2CCCCC2)c([N+](=O)[O-])c1. The molecule has 8 nitrogen and oxygen atoms in total. The van der Waals surface area contributed by atoms with E-state index in [1.807, 2.05) is 11.0 Å². The zero-order chi connectivity index (χ0) is 20.8. The molecule has 1 amide bonds. The van der Waals surface area contributed by atoms with Gasteiger partial charge in [-0.15, -0.1) is 0 Å². The summed E-state index contributed by atoms with van der Waals surface area (Å²) in [6.07, 6.45) is 3.09. The molecule has 3 rings (SSSR count). The molecule has 1 aliphatic rings. The van der Waals surface area contributed by atoms with Gasteiger partial charge in [-0.1, -0.05) is 12.1 Å². The fraction of sp³-hybridized carbons (Fsp3) is 0.250. The number of carbonyl (C=O) groups excluding carboxylic acids is 1. The zero-order valence-corrected chi connectivity index (χ0v) is 16.4. The van der Waals surface area contributed by atoms with Crippen molar-refractivity contribution >= 4 is 40.3 Å². The molecule has 0 radical (unpaired) electrons. The number of para-hydroxylation sites is 1. The monoisotopic (exact) mass is 409 g/mol. The Balaban J connectivity index is 1.75. The summed E-state index contributed by atoms with van der Waals surface area (Å²) in [5, 5.41) is 26.0. The minimum absolute atomic E-state index is 0.000426. The number of nitro groups is 1. The summed E-state index contributed by atoms with van der Waals surface area (Å²) in [7, 11) is 0. The number of rotatable bonds is 4. The normalized spacial score (nSPS) is 13.3. The van der Waals surface area contributed by atoms with E-state index >= 15 is 0 Å². The van der Waals surface area contributed by atoms with Crippen LogP contribution in [0.15, 0.2) is 42.5 Å². The Kier molecular flexibility index (Phi) is 6.36. The molecule has 1 fully saturated rings. The lowest BCUT2D eigenvalue weighted by molar-refractivity contribution is -0.384. The van der Waals surface area contributed by atoms with Gasteiger partial charge in [0.05, 0.1) is 16.2 Å². The quantitative estimate of drug-likeness (QED) is 0.451. The molecule has 29 heavy (non-hydrogen) atoms. The first-order valence-electron chi connectivity index (χ1n) is 9.14. The number of benzene rings is 2. The Bertz CT molecular complexity index is 996. The zero-order valence-electron chi connectivity index (χ0n) is 15.6. The minimum atomic E-state index is -0.565. The van der Waals surface area contributed by atoms with E-state index in [9.17, 15) is 14.9 Å². The van der Waals surface area contributed by atoms with Crippen molar-refractivity contribution in [3.05, 3.63) is 63.7 Å². The van der Waals surface area contributed by atoms with Crippen molar-refractivity contribution < 1.29 is 9.72 Å². The summed E-state index contributed by atoms with van der Waals surface area (Å²) >= 11 is 5.14. The molecule has 0 spiro atoms. The third-order valence-electron chi connectivity index (χ3n) is 4.65. The van der Waals surface area contributed by atoms with Crippen LogP contribution in [0.25, 0.3) is 0 Å². The van der Waals surface area contributed by atoms with Crippen LogP contribution in [0.1, 0.15) is 35.2 Å². The number of nitrogens with one attached hydrogen (secondary N) is 2. The number of hydrogen-bond acceptors (Lipinski definition) is 6. The van der Waals surface area contributed by atoms with Gasteiger partial charge in [-0.3, -0.25) is 20.2 Å². The van der Waals surface area contributed by atoms with Crippen LogP contribution >= 0.6 is 12.2 Å². The standard InChI is InChI=1S/C20H19N5O3S/c21-13-15-6-2-3-7-16(15)22-20(29)23-19(26)14-8-9-17(18(12-14)25(27)28)24-10-4-1-5-11-24/h2-3,6-9,12H,1,4-5,10-11H2,(H2,22,23,26,29). The van der Waals surface area contributed by atoms with Crippen molar-refractivity contribution in [2.45, 2.75) is 19.3 Å². The van der Waals surface area contributed by atoms with Crippen LogP contribution in [0.5, 0.6) is 0 Å². The molecule has 1 saturated heterocycles. The third kappa shape index (κ3) is 4.86. The van der Waals surface area contributed by atoms with Crippen LogP contribution in [0, 0.1) is 21.4 Å². The molecular formula is C20H19N5O3S. The van der Waals surface area contributed by atoms with E-state index in [0.29, 0.717) is 16.9 Å². The van der Waals surface area contributed by atoms with Crippen molar-refractivity contribution in [3.63, 3.8) is 0 Å². The van der Waals surface area contributed by atoms with Crippen LogP contribution in [-0.4, -0.2) is 29.0 Å². The Morgan fingerprint density at radius 1 is 1.17 bits per heavy atom. The lowest BCUT2D eigenvalue weighted by atomic mass is 10.1. The van der Waals surface area contributed by atoms with Crippen molar-refractivity contribution in [3.8, 4) is 6.07 Å². The molecule has 0 bridgehead atoms. The van der Waals surface area contributed by atoms with Crippen LogP contribution in [0.2, 0.25) is 0 Å². The van der Waals surface area contributed by atoms with E-state index in [0.717, 1.165) is 32.4 Å². The van der Waals surface area contributed by atoms with Gasteiger partial charge in [-0.2, -0.15) is 5.26 Å². The number of amides is 1. The highest BCUT2D eigenvalue weighted by Crippen LogP contribution is 2.31. The molecule has 0 unspecified atom stereocenters. The maximum Gasteiger partial charge on any atom is 0.293 e. The van der Waals surface area contributed by atoms with Gasteiger partial charge < -0.3 is 10.2 Å². The number of nitro benzene ring substituents is 1. The van der Waals surface area contributed by atoms with Crippen LogP contribution < -0.4 is 15.5 Å². The average Bonchev–Trinajstić information content (AvgIpc) is 2.74. The molecule has 2 N–H and O–H groups in total. The van der Waals surface area contributed by atoms with E-state index in [4.69, 9.17) is 17.5 Å². The lowest BCUT2D eigenvalue weighted by Gasteiger charge is -2.28. The maximum atomic E-state index is 12.5. The molecule has 0 aliphatic carbocycles. The number of anilines is 2. The largest absolute Gasteiger partial charge is 0.366 e. The van der Waals surface area contributed by atoms with Gasteiger partial charge >= 0.3 is 0 Å². The molecule has 1 aliphatic heterocycles. The molecule has 0 atom stereocenters. The first kappa shape index (κ1) is 20.2. The highest BCUT2D eigenvalue weighted by molar-refractivity contribution is 7.80. The molecule has 148 valence electrons. The number of nitrogens with zero attached hydrogens (tertiary/aromatic N) is 3. The second kappa shape index (κ2) is 9.12. The Labute approximate surface area is 173 Å². The van der Waals surface area contributed by atoms with Crippen molar-refractivity contribution in [1.29, 1.82) is 5.26 Å². The van der Waals surface area contributed by atoms with Gasteiger partial charge in [0.15, 0.2) is 5.11 Å². The van der Waals surface area contributed by atoms with Gasteiger partial charge in [0, 0.05) is 24.7 Å². The summed E-state index contributed by atoms with van der Waals surface area (Å²) in [6, 6.07) is 13.2. The first-order valence-corrected chi connectivity index (χ1v) is 9.55. The van der Waals surface area contributed by atoms with Crippen LogP contribution in [-0.2, 0) is 0 Å². The molecule has 0 saturated carbocycles. The summed E-state index contributed by atoms with van der Waals surface area (Å²) < 4.78 is 0. The number of nitriles is 1. The maximum absolute atomic E-state index is 12.5. The van der Waals surface area contributed by atoms with E-state index in [2.05, 4.69) is 10.6 Å². The number of thiocarbonyl (C=S) groups is 1. The fourth-order valence-corrected chi connectivity index (χ4v) is 3.43. The molecule has 1 heterocycles. The third-order valence-corrected chi connectivity index (χ3v) is 4.86. The minimum Gasteiger partial charge on any atom is -0.366 e. The van der Waals surface area contributed by atoms with Crippen molar-refractivity contribution in [2.24, 2.45) is 0 Å². The van der Waals surface area contributed by atoms with Crippen molar-refractivity contribution in [2.75, 3.05) is 23.3 Å². The molecular weight excluding hydrogens is 390 g/mol. The van der Waals surface area contributed by atoms with Crippen molar-refractivity contribution in [1.82, 2.24) is 5.32 Å². The van der Waals surface area contributed by atoms with Crippen LogP contribution in [0.3, 0.4) is 0 Å². The van der Waals surface area contributed by atoms with Gasteiger partial charge in [0.25, 0.3) is 11.6 Å². The molecule has 2 aromatic rings. The smallest absolute Gasteiger partial charge is 0.293 e. The second-order valence-electron chi connectivity index (χ2n) is 6.57. The number of piperidine rings is 1. The van der Waals surface area contributed by atoms with E-state index < -0.39 is 10.8 Å². The average molecular weight is 409 g/mol. The van der Waals surface area contributed by atoms with Gasteiger partial charge in [-0.05, 0) is 55.7 Å². The topological polar surface area (TPSA) is 111 Å². The van der Waals surface area contributed by atoms with E-state index in [1.165, 1.54) is 6.07 Å². The molecule has 0 aromatic heterocycles. The first-order chi connectivity index (χ1) is 14.0. The Morgan fingerprint density at radius 2 is 1.90 bits per heavy atom.